The number of amides is 2. The molecule has 7 heteroatoms. The van der Waals surface area contributed by atoms with Crippen LogP contribution in [0.25, 0.3) is 10.9 Å². The van der Waals surface area contributed by atoms with Crippen LogP contribution < -0.4 is 16.4 Å². The van der Waals surface area contributed by atoms with Crippen molar-refractivity contribution < 1.29 is 14.7 Å². The second-order valence-electron chi connectivity index (χ2n) is 4.61. The quantitative estimate of drug-likeness (QED) is 0.661. The Morgan fingerprint density at radius 3 is 2.33 bits per heavy atom. The summed E-state index contributed by atoms with van der Waals surface area (Å²) in [5.41, 5.74) is 11.6. The van der Waals surface area contributed by atoms with E-state index >= 15 is 0 Å². The van der Waals surface area contributed by atoms with E-state index in [1.54, 1.807) is 12.1 Å². The van der Waals surface area contributed by atoms with Crippen LogP contribution in [0.5, 0.6) is 0 Å². The van der Waals surface area contributed by atoms with Gasteiger partial charge in [0.25, 0.3) is 0 Å². The molecule has 0 saturated carbocycles. The standard InChI is InChI=1S/C14H16N4O3/c15-12(20)6-18(7-13(16)21)14-10(8-19)5-9-3-1-2-4-11(9)17-14/h1-5,19H,6-8H2,(H2,15,20)(H2,16,21). The van der Waals surface area contributed by atoms with Crippen molar-refractivity contribution in [2.75, 3.05) is 18.0 Å². The first-order chi connectivity index (χ1) is 10.0. The normalized spacial score (nSPS) is 10.5. The van der Waals surface area contributed by atoms with Crippen LogP contribution in [0.1, 0.15) is 5.56 Å². The minimum atomic E-state index is -0.616. The number of anilines is 1. The van der Waals surface area contributed by atoms with E-state index in [4.69, 9.17) is 11.5 Å². The van der Waals surface area contributed by atoms with Gasteiger partial charge in [-0.2, -0.15) is 0 Å². The van der Waals surface area contributed by atoms with Gasteiger partial charge in [0.1, 0.15) is 5.82 Å². The fourth-order valence-electron chi connectivity index (χ4n) is 2.12. The molecule has 0 unspecified atom stereocenters. The smallest absolute Gasteiger partial charge is 0.237 e. The average Bonchev–Trinajstić information content (AvgIpc) is 2.44. The van der Waals surface area contributed by atoms with Crippen LogP contribution in [-0.4, -0.2) is 35.0 Å². The Balaban J connectivity index is 2.53. The van der Waals surface area contributed by atoms with Gasteiger partial charge < -0.3 is 21.5 Å². The number of para-hydroxylation sites is 1. The SMILES string of the molecule is NC(=O)CN(CC(N)=O)c1nc2ccccc2cc1CO. The first-order valence-corrected chi connectivity index (χ1v) is 6.32. The van der Waals surface area contributed by atoms with Gasteiger partial charge in [-0.1, -0.05) is 18.2 Å². The zero-order chi connectivity index (χ0) is 15.4. The fraction of sp³-hybridized carbons (Fsp3) is 0.214. The first-order valence-electron chi connectivity index (χ1n) is 6.32. The second-order valence-corrected chi connectivity index (χ2v) is 4.61. The van der Waals surface area contributed by atoms with E-state index in [2.05, 4.69) is 4.98 Å². The summed E-state index contributed by atoms with van der Waals surface area (Å²) in [5, 5.41) is 10.3. The van der Waals surface area contributed by atoms with Gasteiger partial charge in [0, 0.05) is 10.9 Å². The molecule has 110 valence electrons. The van der Waals surface area contributed by atoms with Crippen molar-refractivity contribution in [3.63, 3.8) is 0 Å². The Morgan fingerprint density at radius 2 is 1.76 bits per heavy atom. The van der Waals surface area contributed by atoms with Crippen molar-refractivity contribution in [3.05, 3.63) is 35.9 Å². The molecule has 0 aliphatic heterocycles. The van der Waals surface area contributed by atoms with Crippen LogP contribution in [-0.2, 0) is 16.2 Å². The molecular weight excluding hydrogens is 272 g/mol. The summed E-state index contributed by atoms with van der Waals surface area (Å²) in [6.45, 7) is -0.691. The predicted octanol–water partition coefficient (Wildman–Crippen LogP) is -0.496. The molecule has 0 atom stereocenters. The molecule has 2 aromatic rings. The van der Waals surface area contributed by atoms with E-state index in [-0.39, 0.29) is 19.7 Å². The zero-order valence-electron chi connectivity index (χ0n) is 11.3. The van der Waals surface area contributed by atoms with Crippen LogP contribution in [0.3, 0.4) is 0 Å². The molecule has 0 radical (unpaired) electrons. The third-order valence-electron chi connectivity index (χ3n) is 2.94. The zero-order valence-corrected chi connectivity index (χ0v) is 11.3. The number of pyridine rings is 1. The fourth-order valence-corrected chi connectivity index (χ4v) is 2.12. The van der Waals surface area contributed by atoms with Gasteiger partial charge in [-0.05, 0) is 12.1 Å². The lowest BCUT2D eigenvalue weighted by Gasteiger charge is -2.23. The number of benzene rings is 1. The second kappa shape index (κ2) is 6.19. The highest BCUT2D eigenvalue weighted by molar-refractivity contribution is 5.87. The molecule has 0 fully saturated rings. The van der Waals surface area contributed by atoms with Crippen molar-refractivity contribution in [2.45, 2.75) is 6.61 Å². The summed E-state index contributed by atoms with van der Waals surface area (Å²) in [4.78, 5) is 28.1. The number of aromatic nitrogens is 1. The van der Waals surface area contributed by atoms with E-state index < -0.39 is 11.8 Å². The van der Waals surface area contributed by atoms with Gasteiger partial charge >= 0.3 is 0 Å². The first kappa shape index (κ1) is 14.7. The van der Waals surface area contributed by atoms with E-state index in [0.29, 0.717) is 16.9 Å². The van der Waals surface area contributed by atoms with Crippen molar-refractivity contribution in [3.8, 4) is 0 Å². The Labute approximate surface area is 121 Å². The highest BCUT2D eigenvalue weighted by Crippen LogP contribution is 2.23. The molecule has 5 N–H and O–H groups in total. The molecule has 2 amide bonds. The average molecular weight is 288 g/mol. The van der Waals surface area contributed by atoms with Crippen LogP contribution in [0.4, 0.5) is 5.82 Å². The van der Waals surface area contributed by atoms with Crippen LogP contribution in [0.15, 0.2) is 30.3 Å². The maximum atomic E-state index is 11.2. The van der Waals surface area contributed by atoms with Gasteiger partial charge in [-0.25, -0.2) is 4.98 Å². The number of hydrogen-bond donors (Lipinski definition) is 3. The molecule has 0 spiro atoms. The third kappa shape index (κ3) is 3.46. The lowest BCUT2D eigenvalue weighted by molar-refractivity contribution is -0.117. The molecule has 1 aromatic carbocycles. The van der Waals surface area contributed by atoms with E-state index in [1.807, 2.05) is 18.2 Å². The molecule has 0 saturated heterocycles. The lowest BCUT2D eigenvalue weighted by Crippen LogP contribution is -2.40. The number of aliphatic hydroxyl groups excluding tert-OH is 1. The molecule has 1 aromatic heterocycles. The van der Waals surface area contributed by atoms with Crippen molar-refractivity contribution >= 4 is 28.5 Å². The number of nitrogens with two attached hydrogens (primary N) is 2. The molecule has 21 heavy (non-hydrogen) atoms. The summed E-state index contributed by atoms with van der Waals surface area (Å²) in [6, 6.07) is 9.09. The Morgan fingerprint density at radius 1 is 1.14 bits per heavy atom. The third-order valence-corrected chi connectivity index (χ3v) is 2.94. The molecular formula is C14H16N4O3. The molecule has 7 nitrogen and oxygen atoms in total. The number of rotatable bonds is 6. The summed E-state index contributed by atoms with van der Waals surface area (Å²) < 4.78 is 0. The predicted molar refractivity (Wildman–Crippen MR) is 78.3 cm³/mol. The summed E-state index contributed by atoms with van der Waals surface area (Å²) in [6.07, 6.45) is 0. The Hall–Kier alpha value is -2.67. The molecule has 0 aliphatic carbocycles. The molecule has 2 rings (SSSR count). The van der Waals surface area contributed by atoms with Gasteiger partial charge in [-0.15, -0.1) is 0 Å². The van der Waals surface area contributed by atoms with Crippen molar-refractivity contribution in [1.29, 1.82) is 0 Å². The number of carbonyl (C=O) groups is 2. The van der Waals surface area contributed by atoms with Crippen LogP contribution >= 0.6 is 0 Å². The minimum absolute atomic E-state index is 0.207. The Bertz CT molecular complexity index is 671. The molecule has 0 bridgehead atoms. The number of fused-ring (bicyclic) bond motifs is 1. The summed E-state index contributed by atoms with van der Waals surface area (Å²) in [5.74, 6) is -0.904. The van der Waals surface area contributed by atoms with E-state index in [0.717, 1.165) is 5.39 Å². The van der Waals surface area contributed by atoms with Crippen LogP contribution in [0, 0.1) is 0 Å². The highest BCUT2D eigenvalue weighted by atomic mass is 16.3. The summed E-state index contributed by atoms with van der Waals surface area (Å²) in [7, 11) is 0. The van der Waals surface area contributed by atoms with Crippen molar-refractivity contribution in [1.82, 2.24) is 4.98 Å². The van der Waals surface area contributed by atoms with E-state index in [1.165, 1.54) is 4.90 Å². The lowest BCUT2D eigenvalue weighted by atomic mass is 10.1. The largest absolute Gasteiger partial charge is 0.392 e. The molecule has 1 heterocycles. The maximum absolute atomic E-state index is 11.2. The number of nitrogens with zero attached hydrogens (tertiary/aromatic N) is 2. The summed E-state index contributed by atoms with van der Waals surface area (Å²) >= 11 is 0. The van der Waals surface area contributed by atoms with Gasteiger partial charge in [-0.3, -0.25) is 9.59 Å². The van der Waals surface area contributed by atoms with Gasteiger partial charge in [0.15, 0.2) is 0 Å². The minimum Gasteiger partial charge on any atom is -0.392 e. The molecule has 0 aliphatic rings. The van der Waals surface area contributed by atoms with Crippen LogP contribution in [0.2, 0.25) is 0 Å². The van der Waals surface area contributed by atoms with Gasteiger partial charge in [0.2, 0.25) is 11.8 Å². The highest BCUT2D eigenvalue weighted by Gasteiger charge is 2.17. The number of carbonyl (C=O) groups excluding carboxylic acids is 2. The number of aliphatic hydroxyl groups is 1. The van der Waals surface area contributed by atoms with Crippen molar-refractivity contribution in [2.24, 2.45) is 11.5 Å². The topological polar surface area (TPSA) is 123 Å². The maximum Gasteiger partial charge on any atom is 0.237 e. The Kier molecular flexibility index (Phi) is 4.34. The van der Waals surface area contributed by atoms with E-state index in [9.17, 15) is 14.7 Å². The number of hydrogen-bond acceptors (Lipinski definition) is 5. The monoisotopic (exact) mass is 288 g/mol. The number of primary amides is 2. The van der Waals surface area contributed by atoms with Gasteiger partial charge in [0.05, 0.1) is 25.2 Å².